The van der Waals surface area contributed by atoms with Gasteiger partial charge >= 0.3 is 0 Å². The van der Waals surface area contributed by atoms with E-state index in [-0.39, 0.29) is 5.92 Å². The van der Waals surface area contributed by atoms with E-state index in [0.717, 1.165) is 19.4 Å². The standard InChI is InChI=1S/C16H28N2O/c1-11-5-2-3-8-18(11)16(19)14-9-12-6-4-7-13(10-14)15(12)17/h11-15H,2-10,17H2,1H3. The van der Waals surface area contributed by atoms with Crippen molar-refractivity contribution in [1.82, 2.24) is 4.90 Å². The molecular weight excluding hydrogens is 236 g/mol. The molecule has 2 aliphatic carbocycles. The Balaban J connectivity index is 1.67. The van der Waals surface area contributed by atoms with Gasteiger partial charge in [-0.25, -0.2) is 0 Å². The van der Waals surface area contributed by atoms with Crippen molar-refractivity contribution >= 4 is 5.91 Å². The average Bonchev–Trinajstić information content (AvgIpc) is 2.38. The Morgan fingerprint density at radius 2 is 1.74 bits per heavy atom. The minimum atomic E-state index is 0.274. The summed E-state index contributed by atoms with van der Waals surface area (Å²) in [6.45, 7) is 3.20. The fourth-order valence-electron chi connectivity index (χ4n) is 4.65. The van der Waals surface area contributed by atoms with Crippen LogP contribution in [0.25, 0.3) is 0 Å². The predicted molar refractivity (Wildman–Crippen MR) is 76.6 cm³/mol. The van der Waals surface area contributed by atoms with Crippen LogP contribution in [0.5, 0.6) is 0 Å². The molecule has 3 rings (SSSR count). The Morgan fingerprint density at radius 3 is 2.37 bits per heavy atom. The zero-order chi connectivity index (χ0) is 13.4. The number of fused-ring (bicyclic) bond motifs is 2. The van der Waals surface area contributed by atoms with Crippen LogP contribution in [0.4, 0.5) is 0 Å². The Labute approximate surface area is 116 Å². The van der Waals surface area contributed by atoms with E-state index >= 15 is 0 Å². The molecule has 0 aromatic carbocycles. The van der Waals surface area contributed by atoms with Gasteiger partial charge in [0.25, 0.3) is 0 Å². The van der Waals surface area contributed by atoms with E-state index in [1.54, 1.807) is 0 Å². The van der Waals surface area contributed by atoms with Gasteiger partial charge in [0.1, 0.15) is 0 Å². The molecule has 0 radical (unpaired) electrons. The van der Waals surface area contributed by atoms with E-state index in [2.05, 4.69) is 11.8 Å². The molecule has 3 unspecified atom stereocenters. The van der Waals surface area contributed by atoms with E-state index in [4.69, 9.17) is 5.73 Å². The fraction of sp³-hybridized carbons (Fsp3) is 0.938. The van der Waals surface area contributed by atoms with Gasteiger partial charge in [-0.2, -0.15) is 0 Å². The van der Waals surface area contributed by atoms with E-state index < -0.39 is 0 Å². The highest BCUT2D eigenvalue weighted by molar-refractivity contribution is 5.79. The maximum Gasteiger partial charge on any atom is 0.225 e. The van der Waals surface area contributed by atoms with Crippen molar-refractivity contribution in [2.24, 2.45) is 23.5 Å². The monoisotopic (exact) mass is 264 g/mol. The maximum absolute atomic E-state index is 12.8. The van der Waals surface area contributed by atoms with Gasteiger partial charge in [0, 0.05) is 24.5 Å². The largest absolute Gasteiger partial charge is 0.340 e. The first-order valence-corrected chi connectivity index (χ1v) is 8.23. The summed E-state index contributed by atoms with van der Waals surface area (Å²) in [6, 6.07) is 0.827. The molecule has 1 saturated heterocycles. The fourth-order valence-corrected chi connectivity index (χ4v) is 4.65. The first-order chi connectivity index (χ1) is 9.16. The second-order valence-corrected chi connectivity index (χ2v) is 7.07. The van der Waals surface area contributed by atoms with Crippen LogP contribution in [-0.4, -0.2) is 29.4 Å². The SMILES string of the molecule is CC1CCCCN1C(=O)C1CC2CCCC(C1)C2N. The van der Waals surface area contributed by atoms with Crippen LogP contribution in [0.2, 0.25) is 0 Å². The molecule has 1 aliphatic heterocycles. The normalized spacial score (nSPS) is 43.1. The highest BCUT2D eigenvalue weighted by Crippen LogP contribution is 2.42. The predicted octanol–water partition coefficient (Wildman–Crippen LogP) is 2.54. The highest BCUT2D eigenvalue weighted by atomic mass is 16.2. The number of hydrogen-bond acceptors (Lipinski definition) is 2. The van der Waals surface area contributed by atoms with Crippen LogP contribution in [0.1, 0.15) is 58.3 Å². The third-order valence-electron chi connectivity index (χ3n) is 5.85. The van der Waals surface area contributed by atoms with Crippen molar-refractivity contribution in [1.29, 1.82) is 0 Å². The lowest BCUT2D eigenvalue weighted by atomic mass is 9.65. The van der Waals surface area contributed by atoms with Gasteiger partial charge in [-0.1, -0.05) is 6.42 Å². The summed E-state index contributed by atoms with van der Waals surface area (Å²) in [4.78, 5) is 15.0. The van der Waals surface area contributed by atoms with Gasteiger partial charge < -0.3 is 10.6 Å². The lowest BCUT2D eigenvalue weighted by Gasteiger charge is -2.45. The molecule has 0 aromatic rings. The average molecular weight is 264 g/mol. The second-order valence-electron chi connectivity index (χ2n) is 7.07. The zero-order valence-corrected chi connectivity index (χ0v) is 12.2. The molecule has 0 aromatic heterocycles. The van der Waals surface area contributed by atoms with Gasteiger partial charge in [0.15, 0.2) is 0 Å². The summed E-state index contributed by atoms with van der Waals surface area (Å²) in [6.07, 6.45) is 9.59. The molecule has 108 valence electrons. The minimum Gasteiger partial charge on any atom is -0.340 e. The Morgan fingerprint density at radius 1 is 1.05 bits per heavy atom. The molecule has 3 aliphatic rings. The number of carbonyl (C=O) groups is 1. The van der Waals surface area contributed by atoms with Crippen molar-refractivity contribution in [2.45, 2.75) is 70.4 Å². The lowest BCUT2D eigenvalue weighted by molar-refractivity contribution is -0.142. The number of rotatable bonds is 1. The van der Waals surface area contributed by atoms with Gasteiger partial charge in [0.2, 0.25) is 5.91 Å². The number of nitrogens with two attached hydrogens (primary N) is 1. The van der Waals surface area contributed by atoms with Gasteiger partial charge in [-0.3, -0.25) is 4.79 Å². The van der Waals surface area contributed by atoms with Crippen molar-refractivity contribution < 1.29 is 4.79 Å². The molecule has 3 fully saturated rings. The molecule has 1 amide bonds. The van der Waals surface area contributed by atoms with Crippen molar-refractivity contribution in [3.8, 4) is 0 Å². The van der Waals surface area contributed by atoms with E-state index in [9.17, 15) is 4.79 Å². The molecule has 0 spiro atoms. The van der Waals surface area contributed by atoms with Gasteiger partial charge in [0.05, 0.1) is 0 Å². The Kier molecular flexibility index (Phi) is 3.84. The number of amides is 1. The van der Waals surface area contributed by atoms with Gasteiger partial charge in [-0.15, -0.1) is 0 Å². The van der Waals surface area contributed by atoms with E-state index in [1.165, 1.54) is 38.5 Å². The Hall–Kier alpha value is -0.570. The smallest absolute Gasteiger partial charge is 0.225 e. The third kappa shape index (κ3) is 2.54. The third-order valence-corrected chi connectivity index (χ3v) is 5.85. The minimum absolute atomic E-state index is 0.274. The molecule has 2 bridgehead atoms. The molecule has 3 nitrogen and oxygen atoms in total. The van der Waals surface area contributed by atoms with Crippen molar-refractivity contribution in [3.05, 3.63) is 0 Å². The first-order valence-electron chi connectivity index (χ1n) is 8.23. The first kappa shape index (κ1) is 13.4. The number of carbonyl (C=O) groups excluding carboxylic acids is 1. The van der Waals surface area contributed by atoms with Crippen LogP contribution in [-0.2, 0) is 4.79 Å². The number of hydrogen-bond donors (Lipinski definition) is 1. The van der Waals surface area contributed by atoms with Crippen LogP contribution < -0.4 is 5.73 Å². The van der Waals surface area contributed by atoms with Crippen LogP contribution in [0, 0.1) is 17.8 Å². The number of nitrogens with zero attached hydrogens (tertiary/aromatic N) is 1. The van der Waals surface area contributed by atoms with Gasteiger partial charge in [-0.05, 0) is 63.7 Å². The van der Waals surface area contributed by atoms with E-state index in [1.807, 2.05) is 0 Å². The number of piperidine rings is 1. The van der Waals surface area contributed by atoms with Crippen molar-refractivity contribution in [3.63, 3.8) is 0 Å². The second kappa shape index (κ2) is 5.43. The summed E-state index contributed by atoms with van der Waals surface area (Å²) < 4.78 is 0. The zero-order valence-electron chi connectivity index (χ0n) is 12.2. The molecular formula is C16H28N2O. The summed E-state index contributed by atoms with van der Waals surface area (Å²) >= 11 is 0. The topological polar surface area (TPSA) is 46.3 Å². The summed E-state index contributed by atoms with van der Waals surface area (Å²) in [5.74, 6) is 1.94. The van der Waals surface area contributed by atoms with Crippen molar-refractivity contribution in [2.75, 3.05) is 6.54 Å². The van der Waals surface area contributed by atoms with Crippen LogP contribution in [0.15, 0.2) is 0 Å². The molecule has 2 saturated carbocycles. The summed E-state index contributed by atoms with van der Waals surface area (Å²) in [7, 11) is 0. The summed E-state index contributed by atoms with van der Waals surface area (Å²) in [5, 5.41) is 0. The molecule has 2 N–H and O–H groups in total. The van der Waals surface area contributed by atoms with E-state index in [0.29, 0.717) is 29.8 Å². The maximum atomic E-state index is 12.8. The van der Waals surface area contributed by atoms with Crippen LogP contribution >= 0.6 is 0 Å². The van der Waals surface area contributed by atoms with Crippen LogP contribution in [0.3, 0.4) is 0 Å². The highest BCUT2D eigenvalue weighted by Gasteiger charge is 2.42. The molecule has 3 heteroatoms. The Bertz CT molecular complexity index is 330. The molecule has 3 atom stereocenters. The number of likely N-dealkylation sites (tertiary alicyclic amines) is 1. The summed E-state index contributed by atoms with van der Waals surface area (Å²) in [5.41, 5.74) is 6.33. The lowest BCUT2D eigenvalue weighted by Crippen LogP contribution is -2.51. The molecule has 1 heterocycles. The molecule has 19 heavy (non-hydrogen) atoms. The quantitative estimate of drug-likeness (QED) is 0.791.